The molecule has 4 aromatic carbocycles. The van der Waals surface area contributed by atoms with Gasteiger partial charge in [-0.3, -0.25) is 0 Å². The van der Waals surface area contributed by atoms with Crippen LogP contribution in [0, 0.1) is 0 Å². The van der Waals surface area contributed by atoms with Gasteiger partial charge in [-0.15, -0.1) is 0 Å². The van der Waals surface area contributed by atoms with Crippen molar-refractivity contribution in [1.82, 2.24) is 40.9 Å². The lowest BCUT2D eigenvalue weighted by Gasteiger charge is -2.67. The van der Waals surface area contributed by atoms with Gasteiger partial charge in [0.15, 0.2) is 0 Å². The van der Waals surface area contributed by atoms with E-state index in [-0.39, 0.29) is 71.5 Å². The predicted molar refractivity (Wildman–Crippen MR) is 220 cm³/mol. The Labute approximate surface area is 329 Å². The number of piperazine rings is 2. The van der Waals surface area contributed by atoms with Crippen LogP contribution < -0.4 is 21.3 Å². The van der Waals surface area contributed by atoms with Gasteiger partial charge in [0.2, 0.25) is 0 Å². The highest BCUT2D eigenvalue weighted by Gasteiger charge is 2.66. The van der Waals surface area contributed by atoms with Crippen molar-refractivity contribution in [2.24, 2.45) is 0 Å². The van der Waals surface area contributed by atoms with Gasteiger partial charge in [0.1, 0.15) is 24.7 Å². The molecule has 8 heteroatoms. The molecule has 6 heterocycles. The van der Waals surface area contributed by atoms with Crippen molar-refractivity contribution in [2.75, 3.05) is 0 Å². The monoisotopic (exact) mass is 736 g/mol. The van der Waals surface area contributed by atoms with E-state index in [9.17, 15) is 0 Å². The lowest BCUT2D eigenvalue weighted by molar-refractivity contribution is -0.123. The Morgan fingerprint density at radius 3 is 1.07 bits per heavy atom. The molecule has 0 amide bonds. The van der Waals surface area contributed by atoms with E-state index in [1.165, 1.54) is 55.6 Å². The molecule has 2 saturated heterocycles. The minimum atomic E-state index is -0.0828. The maximum absolute atomic E-state index is 3.80. The lowest BCUT2D eigenvalue weighted by Crippen LogP contribution is -2.80. The quantitative estimate of drug-likeness (QED) is 0.187. The largest absolute Gasteiger partial charge is 0.367 e. The van der Waals surface area contributed by atoms with Crippen LogP contribution in [0.15, 0.2) is 135 Å². The van der Waals surface area contributed by atoms with Crippen molar-refractivity contribution < 1.29 is 0 Å². The molecular weight excluding hydrogens is 689 g/mol. The molecule has 4 aromatic rings. The molecule has 0 bridgehead atoms. The van der Waals surface area contributed by atoms with Crippen molar-refractivity contribution >= 4 is 0 Å². The molecule has 9 aliphatic rings. The molecular formula is C48H48N8. The summed E-state index contributed by atoms with van der Waals surface area (Å²) in [5.74, 6) is 0.371. The topological polar surface area (TPSA) is 61.1 Å². The van der Waals surface area contributed by atoms with Gasteiger partial charge in [-0.05, 0) is 55.6 Å². The van der Waals surface area contributed by atoms with E-state index in [0.29, 0.717) is 0 Å². The summed E-state index contributed by atoms with van der Waals surface area (Å²) in [6.45, 7) is 9.67. The van der Waals surface area contributed by atoms with E-state index in [2.05, 4.69) is 203 Å². The van der Waals surface area contributed by atoms with Crippen molar-refractivity contribution in [3.8, 4) is 22.3 Å². The first-order valence-electron chi connectivity index (χ1n) is 20.6. The van der Waals surface area contributed by atoms with Gasteiger partial charge in [-0.25, -0.2) is 0 Å². The van der Waals surface area contributed by atoms with Crippen LogP contribution in [-0.2, 0) is 10.8 Å². The smallest absolute Gasteiger partial charge is 0.139 e. The molecule has 3 fully saturated rings. The highest BCUT2D eigenvalue weighted by molar-refractivity contribution is 5.82. The van der Waals surface area contributed by atoms with Gasteiger partial charge in [0.05, 0.1) is 24.2 Å². The third-order valence-corrected chi connectivity index (χ3v) is 15.5. The fraction of sp³-hybridized carbons (Fsp3) is 0.333. The number of hydrogen-bond acceptors (Lipinski definition) is 8. The average molecular weight is 737 g/mol. The third-order valence-electron chi connectivity index (χ3n) is 15.5. The molecule has 0 aromatic heterocycles. The summed E-state index contributed by atoms with van der Waals surface area (Å²) in [7, 11) is 0. The molecule has 56 heavy (non-hydrogen) atoms. The van der Waals surface area contributed by atoms with Gasteiger partial charge in [-0.2, -0.15) is 0 Å². The van der Waals surface area contributed by atoms with Crippen LogP contribution in [0.2, 0.25) is 0 Å². The highest BCUT2D eigenvalue weighted by atomic mass is 15.5. The molecule has 13 rings (SSSR count). The summed E-state index contributed by atoms with van der Waals surface area (Å²) in [5.41, 5.74) is 13.9. The van der Waals surface area contributed by atoms with Crippen LogP contribution in [-0.4, -0.2) is 68.4 Å². The van der Waals surface area contributed by atoms with Crippen LogP contribution >= 0.6 is 0 Å². The zero-order chi connectivity index (χ0) is 37.2. The van der Waals surface area contributed by atoms with E-state index in [1.54, 1.807) is 0 Å². The van der Waals surface area contributed by atoms with Crippen LogP contribution in [0.1, 0.15) is 72.9 Å². The second-order valence-corrected chi connectivity index (χ2v) is 18.5. The standard InChI is InChI=1S/C48H48N8/c1-47(2)33-11-7-5-9-29(33)31-15-13-27(25-35(31)47)37-39-41(55-23-19-51-45(55)43-49-17-21-53(39)43)38(42-40(37)54-22-18-50-44(54)46-52-20-24-56(42)46)28-14-16-32-30-10-6-8-12-34(30)48(3,4)36(32)26-28/h5-26,37-46,49-52H,1-4H3. The number of hydrogen-bond donors (Lipinski definition) is 4. The van der Waals surface area contributed by atoms with Crippen LogP contribution in [0.5, 0.6) is 0 Å². The van der Waals surface area contributed by atoms with Gasteiger partial charge in [0.25, 0.3) is 0 Å². The van der Waals surface area contributed by atoms with E-state index >= 15 is 0 Å². The van der Waals surface area contributed by atoms with E-state index in [4.69, 9.17) is 0 Å². The maximum Gasteiger partial charge on any atom is 0.139 e. The first kappa shape index (κ1) is 31.4. The Morgan fingerprint density at radius 1 is 0.393 bits per heavy atom. The average Bonchev–Trinajstić information content (AvgIpc) is 4.08. The molecule has 8 unspecified atom stereocenters. The van der Waals surface area contributed by atoms with E-state index in [0.717, 1.165) is 0 Å². The maximum atomic E-state index is 3.80. The second-order valence-electron chi connectivity index (χ2n) is 18.5. The fourth-order valence-corrected chi connectivity index (χ4v) is 13.1. The zero-order valence-electron chi connectivity index (χ0n) is 32.3. The highest BCUT2D eigenvalue weighted by Crippen LogP contribution is 2.58. The number of fused-ring (bicyclic) bond motifs is 18. The first-order chi connectivity index (χ1) is 27.3. The predicted octanol–water partition coefficient (Wildman–Crippen LogP) is 6.49. The number of benzene rings is 4. The Morgan fingerprint density at radius 2 is 0.714 bits per heavy atom. The molecule has 6 aliphatic heterocycles. The molecule has 3 aliphatic carbocycles. The molecule has 1 saturated carbocycles. The second kappa shape index (κ2) is 10.5. The SMILES string of the molecule is CC1(C)c2ccccc2-c2ccc(C3C4C(C(c5ccc6c(c5)C(C)(C)c5ccccc5-6)C5C3N3C=CNC3C3NC=CN35)N3C=CNC3C3NC=CN34)cc21. The van der Waals surface area contributed by atoms with Gasteiger partial charge in [0, 0.05) is 72.3 Å². The molecule has 8 atom stereocenters. The summed E-state index contributed by atoms with van der Waals surface area (Å²) >= 11 is 0. The summed E-state index contributed by atoms with van der Waals surface area (Å²) in [6.07, 6.45) is 18.6. The molecule has 0 spiro atoms. The molecule has 0 radical (unpaired) electrons. The summed E-state index contributed by atoms with van der Waals surface area (Å²) < 4.78 is 0. The van der Waals surface area contributed by atoms with Gasteiger partial charge >= 0.3 is 0 Å². The summed E-state index contributed by atoms with van der Waals surface area (Å²) in [6, 6.07) is 33.9. The molecule has 8 nitrogen and oxygen atoms in total. The Balaban J connectivity index is 1.06. The van der Waals surface area contributed by atoms with Crippen LogP contribution in [0.4, 0.5) is 0 Å². The Hall–Kier alpha value is -5.76. The Bertz CT molecular complexity index is 2240. The van der Waals surface area contributed by atoms with Crippen molar-refractivity contribution in [1.29, 1.82) is 0 Å². The zero-order valence-corrected chi connectivity index (χ0v) is 32.3. The minimum Gasteiger partial charge on any atom is -0.367 e. The summed E-state index contributed by atoms with van der Waals surface area (Å²) in [4.78, 5) is 10.8. The first-order valence-corrected chi connectivity index (χ1v) is 20.6. The number of nitrogens with zero attached hydrogens (tertiary/aromatic N) is 4. The fourth-order valence-electron chi connectivity index (χ4n) is 13.1. The van der Waals surface area contributed by atoms with Crippen molar-refractivity contribution in [3.63, 3.8) is 0 Å². The van der Waals surface area contributed by atoms with Crippen LogP contribution in [0.25, 0.3) is 22.3 Å². The van der Waals surface area contributed by atoms with E-state index < -0.39 is 0 Å². The van der Waals surface area contributed by atoms with Crippen molar-refractivity contribution in [3.05, 3.63) is 168 Å². The minimum absolute atomic E-state index is 0.0828. The third kappa shape index (κ3) is 3.71. The number of nitrogens with one attached hydrogen (secondary N) is 4. The number of rotatable bonds is 2. The van der Waals surface area contributed by atoms with Gasteiger partial charge in [-0.1, -0.05) is 113 Å². The van der Waals surface area contributed by atoms with Crippen LogP contribution in [0.3, 0.4) is 0 Å². The summed E-state index contributed by atoms with van der Waals surface area (Å²) in [5, 5.41) is 15.2. The molecule has 4 N–H and O–H groups in total. The van der Waals surface area contributed by atoms with Gasteiger partial charge < -0.3 is 40.9 Å². The normalized spacial score (nSPS) is 34.1. The lowest BCUT2D eigenvalue weighted by atomic mass is 9.60. The van der Waals surface area contributed by atoms with E-state index in [1.807, 2.05) is 0 Å². The van der Waals surface area contributed by atoms with Crippen molar-refractivity contribution in [2.45, 2.75) is 99.2 Å². The molecule has 280 valence electrons. The Kier molecular flexibility index (Phi) is 5.92.